The number of hydrogen-bond acceptors (Lipinski definition) is 3. The van der Waals surface area contributed by atoms with E-state index < -0.39 is 0 Å². The SMILES string of the molecule is C=C(C)C(=O)OCCN(CCCCCCCCCC)CCCCCCCCCC. The lowest BCUT2D eigenvalue weighted by atomic mass is 10.1. The largest absolute Gasteiger partial charge is 0.461 e. The molecule has 172 valence electrons. The van der Waals surface area contributed by atoms with Gasteiger partial charge in [0, 0.05) is 12.1 Å². The highest BCUT2D eigenvalue weighted by molar-refractivity contribution is 5.86. The second-order valence-electron chi connectivity index (χ2n) is 8.71. The van der Waals surface area contributed by atoms with Crippen LogP contribution in [0.4, 0.5) is 0 Å². The van der Waals surface area contributed by atoms with Gasteiger partial charge in [0.15, 0.2) is 0 Å². The summed E-state index contributed by atoms with van der Waals surface area (Å²) in [5.41, 5.74) is 0.489. The fourth-order valence-electron chi connectivity index (χ4n) is 3.66. The molecule has 0 aliphatic rings. The Morgan fingerprint density at radius 2 is 1.03 bits per heavy atom. The predicted octanol–water partition coefficient (Wildman–Crippen LogP) is 7.69. The van der Waals surface area contributed by atoms with E-state index in [1.807, 2.05) is 0 Å². The smallest absolute Gasteiger partial charge is 0.333 e. The minimum Gasteiger partial charge on any atom is -0.461 e. The van der Waals surface area contributed by atoms with Crippen molar-refractivity contribution in [1.82, 2.24) is 4.90 Å². The summed E-state index contributed by atoms with van der Waals surface area (Å²) in [4.78, 5) is 14.1. The van der Waals surface area contributed by atoms with Crippen LogP contribution in [0.1, 0.15) is 124 Å². The minimum atomic E-state index is -0.260. The molecule has 0 bridgehead atoms. The molecular formula is C26H51NO2. The Labute approximate surface area is 182 Å². The molecule has 0 N–H and O–H groups in total. The lowest BCUT2D eigenvalue weighted by Crippen LogP contribution is -2.30. The van der Waals surface area contributed by atoms with Crippen molar-refractivity contribution in [3.63, 3.8) is 0 Å². The monoisotopic (exact) mass is 409 g/mol. The van der Waals surface area contributed by atoms with Crippen molar-refractivity contribution in [3.8, 4) is 0 Å². The van der Waals surface area contributed by atoms with Crippen molar-refractivity contribution in [2.24, 2.45) is 0 Å². The summed E-state index contributed by atoms with van der Waals surface area (Å²) in [6.45, 7) is 13.5. The van der Waals surface area contributed by atoms with Gasteiger partial charge < -0.3 is 4.74 Å². The summed E-state index contributed by atoms with van der Waals surface area (Å²) in [5.74, 6) is -0.260. The van der Waals surface area contributed by atoms with E-state index in [2.05, 4.69) is 25.3 Å². The normalized spacial score (nSPS) is 11.2. The summed E-state index contributed by atoms with van der Waals surface area (Å²) < 4.78 is 5.32. The molecule has 0 saturated heterocycles. The summed E-state index contributed by atoms with van der Waals surface area (Å²) in [6, 6.07) is 0. The number of carbonyl (C=O) groups excluding carboxylic acids is 1. The summed E-state index contributed by atoms with van der Waals surface area (Å²) in [6.07, 6.45) is 21.7. The first-order chi connectivity index (χ1) is 14.1. The highest BCUT2D eigenvalue weighted by Gasteiger charge is 2.08. The van der Waals surface area contributed by atoms with Crippen molar-refractivity contribution in [2.75, 3.05) is 26.2 Å². The van der Waals surface area contributed by atoms with E-state index in [-0.39, 0.29) is 5.97 Å². The van der Waals surface area contributed by atoms with Crippen molar-refractivity contribution in [1.29, 1.82) is 0 Å². The summed E-state index contributed by atoms with van der Waals surface area (Å²) in [5, 5.41) is 0. The second kappa shape index (κ2) is 21.9. The van der Waals surface area contributed by atoms with Gasteiger partial charge in [-0.05, 0) is 32.9 Å². The van der Waals surface area contributed by atoms with Gasteiger partial charge in [-0.15, -0.1) is 0 Å². The maximum atomic E-state index is 11.6. The van der Waals surface area contributed by atoms with Gasteiger partial charge in [0.1, 0.15) is 6.61 Å². The first kappa shape index (κ1) is 28.2. The number of rotatable bonds is 22. The summed E-state index contributed by atoms with van der Waals surface area (Å²) in [7, 11) is 0. The molecule has 0 amide bonds. The third-order valence-electron chi connectivity index (χ3n) is 5.64. The van der Waals surface area contributed by atoms with Crippen molar-refractivity contribution >= 4 is 5.97 Å². The zero-order chi connectivity index (χ0) is 21.6. The number of esters is 1. The maximum Gasteiger partial charge on any atom is 0.333 e. The van der Waals surface area contributed by atoms with Crippen LogP contribution in [0.2, 0.25) is 0 Å². The molecule has 0 fully saturated rings. The predicted molar refractivity (Wildman–Crippen MR) is 127 cm³/mol. The molecule has 0 aromatic heterocycles. The molecule has 29 heavy (non-hydrogen) atoms. The Hall–Kier alpha value is -0.830. The van der Waals surface area contributed by atoms with Crippen LogP contribution < -0.4 is 0 Å². The van der Waals surface area contributed by atoms with E-state index in [1.54, 1.807) is 6.92 Å². The van der Waals surface area contributed by atoms with Crippen molar-refractivity contribution in [3.05, 3.63) is 12.2 Å². The zero-order valence-corrected chi connectivity index (χ0v) is 20.1. The van der Waals surface area contributed by atoms with E-state index in [0.29, 0.717) is 12.2 Å². The number of unbranched alkanes of at least 4 members (excludes halogenated alkanes) is 14. The van der Waals surface area contributed by atoms with E-state index in [0.717, 1.165) is 19.6 Å². The third kappa shape index (κ3) is 20.2. The fraction of sp³-hybridized carbons (Fsp3) is 0.885. The van der Waals surface area contributed by atoms with Gasteiger partial charge in [-0.25, -0.2) is 4.79 Å². The molecule has 3 heteroatoms. The molecule has 0 unspecified atom stereocenters. The van der Waals surface area contributed by atoms with Gasteiger partial charge in [-0.2, -0.15) is 0 Å². The van der Waals surface area contributed by atoms with E-state index in [4.69, 9.17) is 4.74 Å². The Bertz CT molecular complexity index is 361. The molecule has 0 radical (unpaired) electrons. The lowest BCUT2D eigenvalue weighted by Gasteiger charge is -2.22. The van der Waals surface area contributed by atoms with E-state index in [1.165, 1.54) is 103 Å². The zero-order valence-electron chi connectivity index (χ0n) is 20.1. The van der Waals surface area contributed by atoms with Gasteiger partial charge in [0.2, 0.25) is 0 Å². The molecule has 0 aliphatic carbocycles. The molecule has 0 aliphatic heterocycles. The molecule has 0 rings (SSSR count). The average Bonchev–Trinajstić information content (AvgIpc) is 2.71. The van der Waals surface area contributed by atoms with Gasteiger partial charge in [0.05, 0.1) is 0 Å². The highest BCUT2D eigenvalue weighted by atomic mass is 16.5. The maximum absolute atomic E-state index is 11.6. The van der Waals surface area contributed by atoms with Crippen LogP contribution in [-0.2, 0) is 9.53 Å². The van der Waals surface area contributed by atoms with Gasteiger partial charge in [0.25, 0.3) is 0 Å². The van der Waals surface area contributed by atoms with Crippen molar-refractivity contribution < 1.29 is 9.53 Å². The van der Waals surface area contributed by atoms with E-state index in [9.17, 15) is 4.79 Å². The van der Waals surface area contributed by atoms with Crippen LogP contribution in [0.5, 0.6) is 0 Å². The van der Waals surface area contributed by atoms with Crippen LogP contribution >= 0.6 is 0 Å². The highest BCUT2D eigenvalue weighted by Crippen LogP contribution is 2.11. The molecule has 0 atom stereocenters. The first-order valence-corrected chi connectivity index (χ1v) is 12.7. The standard InChI is InChI=1S/C26H51NO2/c1-5-7-9-11-13-15-17-19-21-27(23-24-29-26(28)25(3)4)22-20-18-16-14-12-10-8-6-2/h3,5-24H2,1-2,4H3. The molecule has 0 aromatic carbocycles. The Kier molecular flexibility index (Phi) is 21.2. The van der Waals surface area contributed by atoms with E-state index >= 15 is 0 Å². The number of nitrogens with zero attached hydrogens (tertiary/aromatic N) is 1. The second-order valence-corrected chi connectivity index (χ2v) is 8.71. The average molecular weight is 410 g/mol. The quantitative estimate of drug-likeness (QED) is 0.104. The minimum absolute atomic E-state index is 0.260. The first-order valence-electron chi connectivity index (χ1n) is 12.7. The number of carbonyl (C=O) groups is 1. The lowest BCUT2D eigenvalue weighted by molar-refractivity contribution is -0.139. The Balaban J connectivity index is 3.93. The van der Waals surface area contributed by atoms with Crippen LogP contribution in [0.15, 0.2) is 12.2 Å². The molecular weight excluding hydrogens is 358 g/mol. The van der Waals surface area contributed by atoms with Gasteiger partial charge in [-0.1, -0.05) is 110 Å². The third-order valence-corrected chi connectivity index (χ3v) is 5.64. The molecule has 0 saturated carbocycles. The van der Waals surface area contributed by atoms with Crippen LogP contribution in [0.25, 0.3) is 0 Å². The van der Waals surface area contributed by atoms with Crippen LogP contribution in [0.3, 0.4) is 0 Å². The fourth-order valence-corrected chi connectivity index (χ4v) is 3.66. The van der Waals surface area contributed by atoms with Gasteiger partial charge >= 0.3 is 5.97 Å². The Morgan fingerprint density at radius 1 is 0.655 bits per heavy atom. The Morgan fingerprint density at radius 3 is 1.41 bits per heavy atom. The molecule has 3 nitrogen and oxygen atoms in total. The summed E-state index contributed by atoms with van der Waals surface area (Å²) >= 11 is 0. The molecule has 0 heterocycles. The topological polar surface area (TPSA) is 29.5 Å². The van der Waals surface area contributed by atoms with Crippen LogP contribution in [-0.4, -0.2) is 37.1 Å². The molecule has 0 aromatic rings. The molecule has 0 spiro atoms. The van der Waals surface area contributed by atoms with Gasteiger partial charge in [-0.3, -0.25) is 4.90 Å². The number of ether oxygens (including phenoxy) is 1. The number of hydrogen-bond donors (Lipinski definition) is 0. The van der Waals surface area contributed by atoms with Crippen molar-refractivity contribution in [2.45, 2.75) is 124 Å². The van der Waals surface area contributed by atoms with Crippen LogP contribution in [0, 0.1) is 0 Å².